The third-order valence-electron chi connectivity index (χ3n) is 5.22. The maximum Gasteiger partial charge on any atom is 0.229 e. The summed E-state index contributed by atoms with van der Waals surface area (Å²) in [5.41, 5.74) is 1.19. The normalized spacial score (nSPS) is 29.5. The van der Waals surface area contributed by atoms with Gasteiger partial charge in [0.1, 0.15) is 30.2 Å². The maximum absolute atomic E-state index is 10.2. The van der Waals surface area contributed by atoms with Gasteiger partial charge < -0.3 is 35.0 Å². The average Bonchev–Trinajstić information content (AvgIpc) is 2.61. The highest BCUT2D eigenvalue weighted by atomic mass is 16.7. The van der Waals surface area contributed by atoms with E-state index in [-0.39, 0.29) is 5.92 Å². The van der Waals surface area contributed by atoms with E-state index in [9.17, 15) is 25.5 Å². The Hall–Kier alpha value is -1.22. The Kier molecular flexibility index (Phi) is 7.84. The van der Waals surface area contributed by atoms with Crippen molar-refractivity contribution in [3.8, 4) is 5.75 Å². The molecule has 6 atom stereocenters. The lowest BCUT2D eigenvalue weighted by atomic mass is 9.91. The molecular formula is C21H34O7. The van der Waals surface area contributed by atoms with Crippen molar-refractivity contribution in [3.05, 3.63) is 29.3 Å². The van der Waals surface area contributed by atoms with Crippen molar-refractivity contribution in [2.75, 3.05) is 6.61 Å². The molecule has 0 aliphatic carbocycles. The van der Waals surface area contributed by atoms with Gasteiger partial charge in [0.05, 0.1) is 12.2 Å². The summed E-state index contributed by atoms with van der Waals surface area (Å²) in [6, 6.07) is 5.77. The number of hydrogen-bond donors (Lipinski definition) is 5. The van der Waals surface area contributed by atoms with Crippen molar-refractivity contribution in [1.29, 1.82) is 0 Å². The van der Waals surface area contributed by atoms with Crippen LogP contribution in [-0.4, -0.2) is 68.4 Å². The zero-order valence-electron chi connectivity index (χ0n) is 17.1. The first-order valence-electron chi connectivity index (χ1n) is 9.83. The second-order valence-electron chi connectivity index (χ2n) is 8.46. The maximum atomic E-state index is 10.2. The van der Waals surface area contributed by atoms with Gasteiger partial charge >= 0.3 is 0 Å². The van der Waals surface area contributed by atoms with Gasteiger partial charge in [-0.15, -0.1) is 0 Å². The first kappa shape index (κ1) is 23.1. The first-order valence-corrected chi connectivity index (χ1v) is 9.83. The molecule has 0 saturated carbocycles. The summed E-state index contributed by atoms with van der Waals surface area (Å²) in [5.74, 6) is 0.669. The summed E-state index contributed by atoms with van der Waals surface area (Å²) >= 11 is 0. The highest BCUT2D eigenvalue weighted by Crippen LogP contribution is 2.34. The van der Waals surface area contributed by atoms with Gasteiger partial charge in [-0.25, -0.2) is 0 Å². The van der Waals surface area contributed by atoms with E-state index in [1.807, 2.05) is 25.1 Å². The molecule has 160 valence electrons. The van der Waals surface area contributed by atoms with Crippen LogP contribution in [0, 0.1) is 6.92 Å². The molecule has 0 radical (unpaired) electrons. The van der Waals surface area contributed by atoms with Gasteiger partial charge in [0.2, 0.25) is 6.29 Å². The highest BCUT2D eigenvalue weighted by Gasteiger charge is 2.44. The van der Waals surface area contributed by atoms with E-state index in [1.165, 1.54) is 0 Å². The number of ether oxygens (including phenoxy) is 2. The standard InChI is InChI=1S/C21H34O7/c1-12-7-8-14(13(2)6-5-9-21(3,4)26)15(10-12)27-20-19(25)18(24)17(23)16(11-22)28-20/h7-8,10,13,16-20,22-26H,5-6,9,11H2,1-4H3/t13-,16+,17+,18-,19+,20+/m0/s1. The Morgan fingerprint density at radius 1 is 1.14 bits per heavy atom. The second kappa shape index (κ2) is 9.52. The van der Waals surface area contributed by atoms with E-state index >= 15 is 0 Å². The van der Waals surface area contributed by atoms with E-state index in [1.54, 1.807) is 13.8 Å². The van der Waals surface area contributed by atoms with Gasteiger partial charge in [-0.2, -0.15) is 0 Å². The van der Waals surface area contributed by atoms with Gasteiger partial charge in [-0.3, -0.25) is 0 Å². The van der Waals surface area contributed by atoms with Gasteiger partial charge in [-0.05, 0) is 56.7 Å². The Morgan fingerprint density at radius 2 is 1.82 bits per heavy atom. The smallest absolute Gasteiger partial charge is 0.229 e. The molecule has 0 unspecified atom stereocenters. The summed E-state index contributed by atoms with van der Waals surface area (Å²) < 4.78 is 11.4. The minimum absolute atomic E-state index is 0.142. The second-order valence-corrected chi connectivity index (χ2v) is 8.46. The van der Waals surface area contributed by atoms with Crippen LogP contribution in [0.25, 0.3) is 0 Å². The SMILES string of the molecule is Cc1ccc([C@@H](C)CCCC(C)(C)O)c(O[C@@H]2O[C@H](CO)[C@@H](O)[C@H](O)[C@H]2O)c1. The predicted octanol–water partition coefficient (Wildman–Crippen LogP) is 1.22. The van der Waals surface area contributed by atoms with Gasteiger partial charge in [0.25, 0.3) is 0 Å². The molecule has 1 aromatic rings. The third kappa shape index (κ3) is 5.89. The van der Waals surface area contributed by atoms with Crippen LogP contribution in [0.1, 0.15) is 57.1 Å². The van der Waals surface area contributed by atoms with Crippen molar-refractivity contribution in [2.45, 2.75) is 89.2 Å². The molecule has 0 aromatic heterocycles. The Labute approximate surface area is 166 Å². The van der Waals surface area contributed by atoms with Crippen LogP contribution < -0.4 is 4.74 Å². The summed E-state index contributed by atoms with van der Waals surface area (Å²) in [4.78, 5) is 0. The molecule has 1 aliphatic heterocycles. The molecule has 1 fully saturated rings. The van der Waals surface area contributed by atoms with Crippen LogP contribution in [0.4, 0.5) is 0 Å². The molecule has 1 aliphatic rings. The van der Waals surface area contributed by atoms with Gasteiger partial charge in [0, 0.05) is 0 Å². The van der Waals surface area contributed by atoms with Crippen LogP contribution in [0.2, 0.25) is 0 Å². The minimum atomic E-state index is -1.48. The molecule has 1 heterocycles. The Morgan fingerprint density at radius 3 is 2.43 bits per heavy atom. The molecule has 0 spiro atoms. The molecular weight excluding hydrogens is 364 g/mol. The van der Waals surface area contributed by atoms with Crippen LogP contribution in [0.3, 0.4) is 0 Å². The highest BCUT2D eigenvalue weighted by molar-refractivity contribution is 5.39. The van der Waals surface area contributed by atoms with Crippen LogP contribution in [0.15, 0.2) is 18.2 Å². The lowest BCUT2D eigenvalue weighted by Crippen LogP contribution is -2.60. The number of aliphatic hydroxyl groups is 5. The topological polar surface area (TPSA) is 120 Å². The van der Waals surface area contributed by atoms with E-state index in [0.29, 0.717) is 12.2 Å². The summed E-state index contributed by atoms with van der Waals surface area (Å²) in [7, 11) is 0. The first-order chi connectivity index (χ1) is 13.0. The van der Waals surface area contributed by atoms with Crippen LogP contribution in [0.5, 0.6) is 5.75 Å². The van der Waals surface area contributed by atoms with E-state index in [4.69, 9.17) is 9.47 Å². The number of aryl methyl sites for hydroxylation is 1. The zero-order valence-corrected chi connectivity index (χ0v) is 17.1. The monoisotopic (exact) mass is 398 g/mol. The van der Waals surface area contributed by atoms with Gasteiger partial charge in [0.15, 0.2) is 0 Å². The molecule has 7 heteroatoms. The molecule has 0 bridgehead atoms. The van der Waals surface area contributed by atoms with Crippen molar-refractivity contribution in [2.24, 2.45) is 0 Å². The number of aliphatic hydroxyl groups excluding tert-OH is 4. The van der Waals surface area contributed by atoms with E-state index in [0.717, 1.165) is 24.0 Å². The van der Waals surface area contributed by atoms with Crippen molar-refractivity contribution < 1.29 is 35.0 Å². The summed E-state index contributed by atoms with van der Waals surface area (Å²) in [6.07, 6.45) is -4.19. The fourth-order valence-electron chi connectivity index (χ4n) is 3.44. The van der Waals surface area contributed by atoms with E-state index in [2.05, 4.69) is 6.92 Å². The fourth-order valence-corrected chi connectivity index (χ4v) is 3.44. The molecule has 1 aromatic carbocycles. The van der Waals surface area contributed by atoms with Crippen molar-refractivity contribution in [3.63, 3.8) is 0 Å². The summed E-state index contributed by atoms with van der Waals surface area (Å²) in [6.45, 7) is 7.06. The van der Waals surface area contributed by atoms with Crippen LogP contribution in [-0.2, 0) is 4.74 Å². The average molecular weight is 398 g/mol. The zero-order chi connectivity index (χ0) is 21.1. The lowest BCUT2D eigenvalue weighted by Gasteiger charge is -2.40. The Bertz CT molecular complexity index is 626. The third-order valence-corrected chi connectivity index (χ3v) is 5.22. The molecule has 1 saturated heterocycles. The molecule has 28 heavy (non-hydrogen) atoms. The van der Waals surface area contributed by atoms with Gasteiger partial charge in [-0.1, -0.05) is 25.5 Å². The fraction of sp³-hybridized carbons (Fsp3) is 0.714. The van der Waals surface area contributed by atoms with Crippen LogP contribution >= 0.6 is 0 Å². The van der Waals surface area contributed by atoms with Crippen molar-refractivity contribution >= 4 is 0 Å². The largest absolute Gasteiger partial charge is 0.462 e. The molecule has 5 N–H and O–H groups in total. The Balaban J connectivity index is 2.15. The minimum Gasteiger partial charge on any atom is -0.462 e. The van der Waals surface area contributed by atoms with E-state index < -0.39 is 42.9 Å². The quantitative estimate of drug-likeness (QED) is 0.447. The molecule has 0 amide bonds. The lowest BCUT2D eigenvalue weighted by molar-refractivity contribution is -0.277. The number of hydrogen-bond acceptors (Lipinski definition) is 7. The predicted molar refractivity (Wildman–Crippen MR) is 104 cm³/mol. The van der Waals surface area contributed by atoms with Crippen molar-refractivity contribution in [1.82, 2.24) is 0 Å². The number of benzene rings is 1. The molecule has 2 rings (SSSR count). The summed E-state index contributed by atoms with van der Waals surface area (Å²) in [5, 5.41) is 49.4. The number of rotatable bonds is 8. The molecule has 7 nitrogen and oxygen atoms in total.